The van der Waals surface area contributed by atoms with Gasteiger partial charge >= 0.3 is 6.09 Å². The van der Waals surface area contributed by atoms with E-state index in [4.69, 9.17) is 10.3 Å². The maximum absolute atomic E-state index is 11.8. The maximum atomic E-state index is 11.8. The zero-order chi connectivity index (χ0) is 13.0. The van der Waals surface area contributed by atoms with Gasteiger partial charge in [-0.15, -0.1) is 0 Å². The van der Waals surface area contributed by atoms with E-state index in [2.05, 4.69) is 10.0 Å². The van der Waals surface area contributed by atoms with Crippen LogP contribution in [-0.4, -0.2) is 30.1 Å². The Morgan fingerprint density at radius 1 is 1.50 bits per heavy atom. The standard InChI is InChI=1S/C11H10N4O3/c12-14-13-6-10(16)15-9(7-18-11(15)17)8-4-2-1-3-5-8/h1-5,9H,6-7H2/t9-/m1/s1. The first-order valence-electron chi connectivity index (χ1n) is 5.28. The van der Waals surface area contributed by atoms with Crippen molar-refractivity contribution in [1.82, 2.24) is 4.90 Å². The van der Waals surface area contributed by atoms with Crippen LogP contribution in [0, 0.1) is 0 Å². The molecule has 1 aromatic carbocycles. The lowest BCUT2D eigenvalue weighted by Crippen LogP contribution is -2.35. The molecule has 0 spiro atoms. The number of hydrogen-bond acceptors (Lipinski definition) is 4. The molecule has 1 aromatic rings. The highest BCUT2D eigenvalue weighted by molar-refractivity contribution is 5.94. The third kappa shape index (κ3) is 2.26. The van der Waals surface area contributed by atoms with E-state index in [1.54, 1.807) is 12.1 Å². The van der Waals surface area contributed by atoms with E-state index in [1.165, 1.54) is 0 Å². The molecular weight excluding hydrogens is 236 g/mol. The molecule has 7 nitrogen and oxygen atoms in total. The predicted molar refractivity (Wildman–Crippen MR) is 61.4 cm³/mol. The molecular formula is C11H10N4O3. The van der Waals surface area contributed by atoms with Gasteiger partial charge in [-0.05, 0) is 11.1 Å². The lowest BCUT2D eigenvalue weighted by atomic mass is 10.1. The topological polar surface area (TPSA) is 95.4 Å². The van der Waals surface area contributed by atoms with Crippen molar-refractivity contribution in [2.24, 2.45) is 5.11 Å². The molecule has 1 aliphatic rings. The summed E-state index contributed by atoms with van der Waals surface area (Å²) in [6.45, 7) is -0.278. The van der Waals surface area contributed by atoms with Crippen molar-refractivity contribution >= 4 is 12.0 Å². The molecule has 0 bridgehead atoms. The van der Waals surface area contributed by atoms with E-state index in [9.17, 15) is 9.59 Å². The number of azide groups is 1. The van der Waals surface area contributed by atoms with Crippen LogP contribution in [0.4, 0.5) is 4.79 Å². The Bertz CT molecular complexity index is 510. The van der Waals surface area contributed by atoms with E-state index in [1.807, 2.05) is 18.2 Å². The highest BCUT2D eigenvalue weighted by Crippen LogP contribution is 2.27. The summed E-state index contributed by atoms with van der Waals surface area (Å²) in [6.07, 6.45) is -0.706. The lowest BCUT2D eigenvalue weighted by molar-refractivity contribution is -0.127. The molecule has 0 aliphatic carbocycles. The molecule has 1 atom stereocenters. The Hall–Kier alpha value is -2.53. The van der Waals surface area contributed by atoms with Gasteiger partial charge < -0.3 is 4.74 Å². The highest BCUT2D eigenvalue weighted by Gasteiger charge is 2.38. The minimum absolute atomic E-state index is 0.116. The fourth-order valence-electron chi connectivity index (χ4n) is 1.79. The van der Waals surface area contributed by atoms with Gasteiger partial charge in [-0.1, -0.05) is 35.4 Å². The SMILES string of the molecule is [N-]=[N+]=NCC(=O)N1C(=O)OC[C@@H]1c1ccccc1. The van der Waals surface area contributed by atoms with Crippen molar-refractivity contribution in [1.29, 1.82) is 0 Å². The van der Waals surface area contributed by atoms with E-state index in [-0.39, 0.29) is 6.61 Å². The fourth-order valence-corrected chi connectivity index (χ4v) is 1.79. The molecule has 0 radical (unpaired) electrons. The van der Waals surface area contributed by atoms with Gasteiger partial charge in [0.1, 0.15) is 19.2 Å². The minimum atomic E-state index is -0.706. The van der Waals surface area contributed by atoms with Crippen molar-refractivity contribution in [3.63, 3.8) is 0 Å². The Kier molecular flexibility index (Phi) is 3.45. The molecule has 0 aromatic heterocycles. The van der Waals surface area contributed by atoms with Crippen LogP contribution in [0.1, 0.15) is 11.6 Å². The van der Waals surface area contributed by atoms with E-state index < -0.39 is 24.6 Å². The monoisotopic (exact) mass is 246 g/mol. The average molecular weight is 246 g/mol. The number of ether oxygens (including phenoxy) is 1. The number of carbonyl (C=O) groups excluding carboxylic acids is 2. The molecule has 92 valence electrons. The van der Waals surface area contributed by atoms with Crippen LogP contribution in [0.5, 0.6) is 0 Å². The second kappa shape index (κ2) is 5.20. The zero-order valence-electron chi connectivity index (χ0n) is 9.39. The summed E-state index contributed by atoms with van der Waals surface area (Å²) in [5.74, 6) is -0.566. The van der Waals surface area contributed by atoms with Crippen LogP contribution in [0.2, 0.25) is 0 Å². The second-order valence-electron chi connectivity index (χ2n) is 3.66. The average Bonchev–Trinajstić information content (AvgIpc) is 2.79. The molecule has 0 saturated carbocycles. The van der Waals surface area contributed by atoms with Gasteiger partial charge in [0.05, 0.1) is 0 Å². The Balaban J connectivity index is 2.23. The molecule has 1 fully saturated rings. The van der Waals surface area contributed by atoms with Gasteiger partial charge in [-0.25, -0.2) is 9.69 Å². The van der Waals surface area contributed by atoms with Crippen LogP contribution >= 0.6 is 0 Å². The van der Waals surface area contributed by atoms with Crippen LogP contribution in [0.3, 0.4) is 0 Å². The minimum Gasteiger partial charge on any atom is -0.446 e. The lowest BCUT2D eigenvalue weighted by Gasteiger charge is -2.18. The van der Waals surface area contributed by atoms with Crippen LogP contribution < -0.4 is 0 Å². The largest absolute Gasteiger partial charge is 0.446 e. The first kappa shape index (κ1) is 11.9. The number of hydrogen-bond donors (Lipinski definition) is 0. The molecule has 0 N–H and O–H groups in total. The molecule has 1 heterocycles. The van der Waals surface area contributed by atoms with Crippen LogP contribution in [0.15, 0.2) is 35.4 Å². The summed E-state index contributed by atoms with van der Waals surface area (Å²) >= 11 is 0. The van der Waals surface area contributed by atoms with Crippen LogP contribution in [0.25, 0.3) is 10.4 Å². The molecule has 2 amide bonds. The van der Waals surface area contributed by atoms with Gasteiger partial charge in [-0.3, -0.25) is 4.79 Å². The maximum Gasteiger partial charge on any atom is 0.417 e. The van der Waals surface area contributed by atoms with Crippen molar-refractivity contribution in [2.45, 2.75) is 6.04 Å². The van der Waals surface area contributed by atoms with E-state index in [0.29, 0.717) is 0 Å². The van der Waals surface area contributed by atoms with Gasteiger partial charge in [0, 0.05) is 4.91 Å². The van der Waals surface area contributed by atoms with Crippen molar-refractivity contribution in [3.8, 4) is 0 Å². The van der Waals surface area contributed by atoms with Gasteiger partial charge in [0.2, 0.25) is 5.91 Å². The van der Waals surface area contributed by atoms with E-state index >= 15 is 0 Å². The summed E-state index contributed by atoms with van der Waals surface area (Å²) in [4.78, 5) is 26.8. The molecule has 0 unspecified atom stereocenters. The summed E-state index contributed by atoms with van der Waals surface area (Å²) in [5, 5.41) is 3.16. The number of carbonyl (C=O) groups is 2. The molecule has 1 saturated heterocycles. The molecule has 18 heavy (non-hydrogen) atoms. The highest BCUT2D eigenvalue weighted by atomic mass is 16.6. The molecule has 7 heteroatoms. The zero-order valence-corrected chi connectivity index (χ0v) is 9.39. The summed E-state index contributed by atoms with van der Waals surface area (Å²) in [6, 6.07) is 8.62. The van der Waals surface area contributed by atoms with E-state index in [0.717, 1.165) is 10.5 Å². The van der Waals surface area contributed by atoms with Crippen LogP contribution in [-0.2, 0) is 9.53 Å². The number of imide groups is 1. The Morgan fingerprint density at radius 2 is 2.22 bits per heavy atom. The first-order chi connectivity index (χ1) is 8.74. The predicted octanol–water partition coefficient (Wildman–Crippen LogP) is 2.02. The molecule has 2 rings (SSSR count). The first-order valence-corrected chi connectivity index (χ1v) is 5.28. The summed E-state index contributed by atoms with van der Waals surface area (Å²) in [5.41, 5.74) is 8.98. The third-order valence-electron chi connectivity index (χ3n) is 2.60. The number of nitrogens with zero attached hydrogens (tertiary/aromatic N) is 4. The number of benzene rings is 1. The number of amides is 2. The van der Waals surface area contributed by atoms with Crippen molar-refractivity contribution in [3.05, 3.63) is 46.3 Å². The quantitative estimate of drug-likeness (QED) is 0.463. The summed E-state index contributed by atoms with van der Waals surface area (Å²) in [7, 11) is 0. The second-order valence-corrected chi connectivity index (χ2v) is 3.66. The van der Waals surface area contributed by atoms with Crippen molar-refractivity contribution in [2.75, 3.05) is 13.2 Å². The number of cyclic esters (lactones) is 1. The van der Waals surface area contributed by atoms with Gasteiger partial charge in [-0.2, -0.15) is 0 Å². The normalized spacial score (nSPS) is 18.1. The smallest absolute Gasteiger partial charge is 0.417 e. The van der Waals surface area contributed by atoms with Gasteiger partial charge in [0.25, 0.3) is 0 Å². The third-order valence-corrected chi connectivity index (χ3v) is 2.60. The van der Waals surface area contributed by atoms with Crippen molar-refractivity contribution < 1.29 is 14.3 Å². The molecule has 1 aliphatic heterocycles. The number of rotatable bonds is 3. The fraction of sp³-hybridized carbons (Fsp3) is 0.273. The van der Waals surface area contributed by atoms with Gasteiger partial charge in [0.15, 0.2) is 0 Å². The Labute approximate surface area is 103 Å². The Morgan fingerprint density at radius 3 is 2.89 bits per heavy atom. The summed E-state index contributed by atoms with van der Waals surface area (Å²) < 4.78 is 4.86.